The molecule has 2 aliphatic heterocycles. The first-order valence-electron chi connectivity index (χ1n) is 12.8. The second-order valence-electron chi connectivity index (χ2n) is 9.63. The van der Waals surface area contributed by atoms with E-state index in [9.17, 15) is 47.7 Å². The number of fused-ring (bicyclic) bond motifs is 1. The van der Waals surface area contributed by atoms with Gasteiger partial charge in [0.2, 0.25) is 15.8 Å². The van der Waals surface area contributed by atoms with Crippen molar-refractivity contribution in [1.82, 2.24) is 30.0 Å². The number of aliphatic carboxylic acids is 1. The number of nitrogens with zero attached hydrogens (tertiary/aromatic N) is 5. The summed E-state index contributed by atoms with van der Waals surface area (Å²) in [5, 5.41) is 38.1. The van der Waals surface area contributed by atoms with Gasteiger partial charge in [-0.15, -0.1) is 23.1 Å². The third-order valence-corrected chi connectivity index (χ3v) is 11.0. The molecule has 0 radical (unpaired) electrons. The van der Waals surface area contributed by atoms with Crippen LogP contribution in [0.4, 0.5) is 5.13 Å². The van der Waals surface area contributed by atoms with Crippen molar-refractivity contribution in [1.29, 1.82) is 0 Å². The van der Waals surface area contributed by atoms with Crippen molar-refractivity contribution in [2.24, 2.45) is 12.2 Å². The van der Waals surface area contributed by atoms with E-state index in [-0.39, 0.29) is 33.2 Å². The highest BCUT2D eigenvalue weighted by atomic mass is 32.2. The molecule has 4 heterocycles. The van der Waals surface area contributed by atoms with Gasteiger partial charge in [-0.1, -0.05) is 16.9 Å². The van der Waals surface area contributed by atoms with Gasteiger partial charge in [-0.2, -0.15) is 4.98 Å². The number of phenols is 2. The highest BCUT2D eigenvalue weighted by Gasteiger charge is 2.54. The van der Waals surface area contributed by atoms with Crippen LogP contribution in [0.25, 0.3) is 0 Å². The van der Waals surface area contributed by atoms with Crippen LogP contribution in [-0.2, 0) is 36.1 Å². The van der Waals surface area contributed by atoms with Crippen molar-refractivity contribution in [3.8, 4) is 11.5 Å². The van der Waals surface area contributed by atoms with E-state index in [1.807, 2.05) is 0 Å². The number of nitrogens with one attached hydrogen (secondary N) is 2. The fourth-order valence-corrected chi connectivity index (χ4v) is 8.12. The zero-order valence-electron chi connectivity index (χ0n) is 23.6. The van der Waals surface area contributed by atoms with Crippen molar-refractivity contribution in [2.75, 3.05) is 23.2 Å². The second-order valence-corrected chi connectivity index (χ2v) is 14.5. The number of oxime groups is 1. The number of carbonyl (C=O) groups excluding carboxylic acids is 2. The van der Waals surface area contributed by atoms with Gasteiger partial charge >= 0.3 is 17.1 Å². The highest BCUT2D eigenvalue weighted by Crippen LogP contribution is 2.41. The van der Waals surface area contributed by atoms with Crippen molar-refractivity contribution in [2.45, 2.75) is 21.5 Å². The first-order chi connectivity index (χ1) is 22.2. The van der Waals surface area contributed by atoms with Crippen molar-refractivity contribution in [3.05, 3.63) is 61.3 Å². The Morgan fingerprint density at radius 2 is 1.98 bits per heavy atom. The highest BCUT2D eigenvalue weighted by molar-refractivity contribution is 8.01. The number of nitrogens with two attached hydrogens (primary N) is 1. The van der Waals surface area contributed by atoms with E-state index in [1.54, 1.807) is 0 Å². The summed E-state index contributed by atoms with van der Waals surface area (Å²) >= 11 is 3.08. The number of carbonyl (C=O) groups is 3. The van der Waals surface area contributed by atoms with Crippen LogP contribution >= 0.6 is 34.9 Å². The Kier molecular flexibility index (Phi) is 9.33. The smallest absolute Gasteiger partial charge is 0.352 e. The molecule has 0 spiro atoms. The minimum atomic E-state index is -4.23. The Labute approximate surface area is 275 Å². The Bertz CT molecular complexity index is 2090. The summed E-state index contributed by atoms with van der Waals surface area (Å²) in [6.45, 7) is 0. The van der Waals surface area contributed by atoms with E-state index in [4.69, 9.17) is 10.6 Å². The number of rotatable bonds is 11. The summed E-state index contributed by atoms with van der Waals surface area (Å²) in [4.78, 5) is 75.1. The standard InChI is InChI=1S/C24H22N8O11S4/c1-31-24(28-18(36)19(37)29-31)46-6-9-5-44-21-15(20(38)32(21)16(9)22(39)40)27-17(35)14(11-7-45-23(25)26-11)30-43-8-47(41,42)10-2-3-12(33)13(34)4-10/h2-4,7,15,21,33-34H,5-6,8H2,1H3,(H2,25,26)(H,27,35)(H,29,37)(H,39,40)/t15-,21-/m1/s1. The fraction of sp³-hybridized carbons (Fsp3) is 0.250. The van der Waals surface area contributed by atoms with E-state index in [2.05, 4.69) is 25.5 Å². The number of benzene rings is 1. The first kappa shape index (κ1) is 33.5. The first-order valence-corrected chi connectivity index (χ1v) is 17.4. The van der Waals surface area contributed by atoms with Gasteiger partial charge in [0.1, 0.15) is 22.8 Å². The number of aromatic hydroxyl groups is 2. The number of thioether (sulfide) groups is 2. The van der Waals surface area contributed by atoms with Gasteiger partial charge < -0.3 is 31.2 Å². The fourth-order valence-electron chi connectivity index (χ4n) is 4.27. The maximum Gasteiger partial charge on any atom is 0.352 e. The lowest BCUT2D eigenvalue weighted by Gasteiger charge is -2.49. The summed E-state index contributed by atoms with van der Waals surface area (Å²) in [5.74, 6) is -5.32. The molecule has 23 heteroatoms. The van der Waals surface area contributed by atoms with E-state index >= 15 is 0 Å². The van der Waals surface area contributed by atoms with Gasteiger partial charge in [-0.3, -0.25) is 33.9 Å². The lowest BCUT2D eigenvalue weighted by Crippen LogP contribution is -2.71. The zero-order valence-corrected chi connectivity index (χ0v) is 26.9. The lowest BCUT2D eigenvalue weighted by atomic mass is 10.0. The van der Waals surface area contributed by atoms with Crippen LogP contribution < -0.4 is 22.2 Å². The number of hydrogen-bond donors (Lipinski definition) is 6. The number of amides is 2. The molecule has 0 saturated carbocycles. The van der Waals surface area contributed by atoms with Gasteiger partial charge in [0.15, 0.2) is 27.5 Å². The molecular formula is C24H22N8O11S4. The van der Waals surface area contributed by atoms with Crippen molar-refractivity contribution in [3.63, 3.8) is 0 Å². The number of aromatic nitrogens is 4. The maximum absolute atomic E-state index is 13.3. The number of H-pyrrole nitrogens is 1. The summed E-state index contributed by atoms with van der Waals surface area (Å²) in [6, 6.07) is 1.58. The summed E-state index contributed by atoms with van der Waals surface area (Å²) < 4.78 is 26.5. The predicted octanol–water partition coefficient (Wildman–Crippen LogP) is -1.40. The van der Waals surface area contributed by atoms with Crippen LogP contribution in [0.3, 0.4) is 0 Å². The molecule has 248 valence electrons. The van der Waals surface area contributed by atoms with E-state index in [1.165, 1.54) is 17.1 Å². The van der Waals surface area contributed by atoms with Crippen LogP contribution in [-0.4, -0.2) is 101 Å². The molecule has 3 aromatic rings. The topological polar surface area (TPSA) is 290 Å². The van der Waals surface area contributed by atoms with Gasteiger partial charge in [-0.05, 0) is 17.7 Å². The van der Waals surface area contributed by atoms with E-state index in [0.717, 1.165) is 58.0 Å². The molecular weight excluding hydrogens is 705 g/mol. The molecule has 1 fully saturated rings. The number of nitrogen functional groups attached to an aromatic ring is 1. The number of β-lactam (4-membered cyclic amide) rings is 1. The largest absolute Gasteiger partial charge is 0.504 e. The van der Waals surface area contributed by atoms with Gasteiger partial charge in [0.05, 0.1) is 4.90 Å². The predicted molar refractivity (Wildman–Crippen MR) is 166 cm³/mol. The third kappa shape index (κ3) is 6.81. The molecule has 2 aliphatic rings. The number of aryl methyl sites for hydroxylation is 1. The zero-order chi connectivity index (χ0) is 34.2. The minimum Gasteiger partial charge on any atom is -0.504 e. The Balaban J connectivity index is 1.32. The van der Waals surface area contributed by atoms with Gasteiger partial charge in [0, 0.05) is 30.0 Å². The SMILES string of the molecule is Cn1[nH]c(=O)c(=O)nc1SCC1=C(C(=O)O)N2C(=O)[C@@H](NC(=O)C(=NOCS(=O)(=O)c3ccc(O)c(O)c3)c3csc(N)n3)[C@H]2SC1. The van der Waals surface area contributed by atoms with Crippen molar-refractivity contribution >= 4 is 73.3 Å². The van der Waals surface area contributed by atoms with Crippen LogP contribution in [0.1, 0.15) is 5.69 Å². The molecule has 7 N–H and O–H groups in total. The number of hydrogen-bond acceptors (Lipinski definition) is 17. The van der Waals surface area contributed by atoms with Crippen LogP contribution in [0.2, 0.25) is 0 Å². The summed E-state index contributed by atoms with van der Waals surface area (Å²) in [6.07, 6.45) is 0. The molecule has 1 aromatic carbocycles. The normalized spacial score (nSPS) is 18.0. The summed E-state index contributed by atoms with van der Waals surface area (Å²) in [7, 11) is -2.78. The average molecular weight is 727 g/mol. The molecule has 2 amide bonds. The average Bonchev–Trinajstić information content (AvgIpc) is 3.45. The van der Waals surface area contributed by atoms with Crippen LogP contribution in [0.15, 0.2) is 59.6 Å². The molecule has 47 heavy (non-hydrogen) atoms. The van der Waals surface area contributed by atoms with Crippen LogP contribution in [0, 0.1) is 0 Å². The second kappa shape index (κ2) is 13.1. The number of carboxylic acids is 1. The monoisotopic (exact) mass is 726 g/mol. The number of sulfone groups is 1. The Morgan fingerprint density at radius 3 is 2.64 bits per heavy atom. The van der Waals surface area contributed by atoms with E-state index < -0.39 is 78.2 Å². The third-order valence-electron chi connectivity index (χ3n) is 6.51. The van der Waals surface area contributed by atoms with Gasteiger partial charge in [0.25, 0.3) is 11.8 Å². The Morgan fingerprint density at radius 1 is 1.23 bits per heavy atom. The molecule has 19 nitrogen and oxygen atoms in total. The molecule has 2 aromatic heterocycles. The lowest BCUT2D eigenvalue weighted by molar-refractivity contribution is -0.150. The molecule has 0 unspecified atom stereocenters. The van der Waals surface area contributed by atoms with Crippen molar-refractivity contribution < 1.29 is 43.0 Å². The quantitative estimate of drug-likeness (QED) is 0.0331. The minimum absolute atomic E-state index is 0.0144. The number of aromatic amines is 1. The van der Waals surface area contributed by atoms with Crippen LogP contribution in [0.5, 0.6) is 11.5 Å². The number of carboxylic acid groups (broad SMARTS) is 1. The Hall–Kier alpha value is -4.87. The molecule has 1 saturated heterocycles. The van der Waals surface area contributed by atoms with Gasteiger partial charge in [-0.25, -0.2) is 18.2 Å². The molecule has 2 atom stereocenters. The number of phenolic OH excluding ortho intramolecular Hbond substituents is 2. The molecule has 0 bridgehead atoms. The molecule has 5 rings (SSSR count). The van der Waals surface area contributed by atoms with E-state index in [0.29, 0.717) is 5.57 Å². The maximum atomic E-state index is 13.3. The number of thiazole rings is 1. The summed E-state index contributed by atoms with van der Waals surface area (Å²) in [5.41, 5.74) is 3.15. The molecule has 0 aliphatic carbocycles. The number of anilines is 1.